The summed E-state index contributed by atoms with van der Waals surface area (Å²) in [6.07, 6.45) is 43.0. The topological polar surface area (TPSA) is 104 Å². The van der Waals surface area contributed by atoms with E-state index in [1.54, 1.807) is 0 Å². The Bertz CT molecular complexity index is 816. The third-order valence-corrected chi connectivity index (χ3v) is 10.5. The van der Waals surface area contributed by atoms with Crippen LogP contribution in [0.25, 0.3) is 0 Å². The van der Waals surface area contributed by atoms with Crippen LogP contribution in [0.2, 0.25) is 0 Å². The highest BCUT2D eigenvalue weighted by atomic mass is 32.2. The van der Waals surface area contributed by atoms with Gasteiger partial charge in [0, 0.05) is 6.42 Å². The Morgan fingerprint density at radius 2 is 0.875 bits per heavy atom. The average molecular weight is 700 g/mol. The lowest BCUT2D eigenvalue weighted by Crippen LogP contribution is -2.47. The number of allylic oxidation sites excluding steroid dienone is 2. The van der Waals surface area contributed by atoms with Crippen molar-refractivity contribution in [1.82, 2.24) is 5.32 Å². The van der Waals surface area contributed by atoms with E-state index in [0.29, 0.717) is 12.8 Å². The lowest BCUT2D eigenvalue weighted by molar-refractivity contribution is -0.122. The Hall–Kier alpha value is -0.920. The number of amides is 1. The molecule has 0 aliphatic carbocycles. The second kappa shape index (κ2) is 35.9. The van der Waals surface area contributed by atoms with E-state index in [0.717, 1.165) is 51.4 Å². The van der Waals surface area contributed by atoms with Gasteiger partial charge in [-0.15, -0.1) is 0 Å². The fraction of sp³-hybridized carbons (Fsp3) is 0.927. The van der Waals surface area contributed by atoms with Crippen LogP contribution in [0.3, 0.4) is 0 Å². The van der Waals surface area contributed by atoms with Crippen molar-refractivity contribution in [1.29, 1.82) is 0 Å². The highest BCUT2D eigenvalue weighted by molar-refractivity contribution is 7.85. The van der Waals surface area contributed by atoms with Gasteiger partial charge in [-0.2, -0.15) is 8.42 Å². The van der Waals surface area contributed by atoms with Crippen LogP contribution >= 0.6 is 0 Å². The first-order valence-electron chi connectivity index (χ1n) is 20.9. The van der Waals surface area contributed by atoms with Crippen LogP contribution in [0.5, 0.6) is 0 Å². The number of nitrogens with one attached hydrogen (secondary N) is 1. The number of carbonyl (C=O) groups excluding carboxylic acids is 1. The Balaban J connectivity index is 3.85. The largest absolute Gasteiger partial charge is 0.391 e. The lowest BCUT2D eigenvalue weighted by Gasteiger charge is -2.23. The molecule has 0 rings (SSSR count). The summed E-state index contributed by atoms with van der Waals surface area (Å²) >= 11 is 0. The molecule has 7 heteroatoms. The summed E-state index contributed by atoms with van der Waals surface area (Å²) in [6.45, 7) is 4.53. The van der Waals surface area contributed by atoms with Gasteiger partial charge in [0.15, 0.2) is 0 Å². The maximum absolute atomic E-state index is 12.5. The maximum Gasteiger partial charge on any atom is 0.266 e. The molecule has 0 saturated heterocycles. The van der Waals surface area contributed by atoms with Crippen molar-refractivity contribution < 1.29 is 22.9 Å². The van der Waals surface area contributed by atoms with Gasteiger partial charge in [0.2, 0.25) is 5.91 Å². The summed E-state index contributed by atoms with van der Waals surface area (Å²) in [7, 11) is -4.31. The summed E-state index contributed by atoms with van der Waals surface area (Å²) in [5, 5.41) is 13.4. The summed E-state index contributed by atoms with van der Waals surface area (Å²) < 4.78 is 32.5. The van der Waals surface area contributed by atoms with E-state index in [1.165, 1.54) is 148 Å². The molecule has 0 fully saturated rings. The van der Waals surface area contributed by atoms with E-state index in [1.807, 2.05) is 0 Å². The minimum Gasteiger partial charge on any atom is -0.391 e. The third-order valence-electron chi connectivity index (χ3n) is 9.72. The number of unbranched alkanes of at least 4 members (excludes halogenated alkanes) is 28. The van der Waals surface area contributed by atoms with E-state index < -0.39 is 28.0 Å². The molecule has 3 N–H and O–H groups in total. The molecule has 0 aliphatic rings. The van der Waals surface area contributed by atoms with Crippen molar-refractivity contribution in [2.45, 2.75) is 238 Å². The SMILES string of the molecule is CCCCCCCCC/C=C\CCCCCCCC(=O)NC(CS(=O)(=O)O)C(O)CCCCCCCCCCCCCCCCCCC. The Labute approximate surface area is 299 Å². The van der Waals surface area contributed by atoms with Crippen molar-refractivity contribution >= 4 is 16.0 Å². The van der Waals surface area contributed by atoms with Crippen molar-refractivity contribution in [2.75, 3.05) is 5.75 Å². The molecule has 0 heterocycles. The fourth-order valence-corrected chi connectivity index (χ4v) is 7.33. The number of hydrogen-bond acceptors (Lipinski definition) is 4. The van der Waals surface area contributed by atoms with E-state index in [2.05, 4.69) is 31.3 Å². The van der Waals surface area contributed by atoms with Crippen LogP contribution in [0.4, 0.5) is 0 Å². The smallest absolute Gasteiger partial charge is 0.266 e. The van der Waals surface area contributed by atoms with Gasteiger partial charge in [-0.3, -0.25) is 9.35 Å². The number of aliphatic hydroxyl groups excluding tert-OH is 1. The molecule has 1 amide bonds. The maximum atomic E-state index is 12.5. The molecule has 48 heavy (non-hydrogen) atoms. The molecular formula is C41H81NO5S. The van der Waals surface area contributed by atoms with Crippen LogP contribution in [0.1, 0.15) is 226 Å². The number of rotatable bonds is 38. The second-order valence-corrected chi connectivity index (χ2v) is 16.1. The van der Waals surface area contributed by atoms with Gasteiger partial charge in [0.05, 0.1) is 17.9 Å². The van der Waals surface area contributed by atoms with E-state index in [4.69, 9.17) is 0 Å². The fourth-order valence-electron chi connectivity index (χ4n) is 6.57. The van der Waals surface area contributed by atoms with Crippen molar-refractivity contribution in [3.63, 3.8) is 0 Å². The van der Waals surface area contributed by atoms with Crippen LogP contribution in [0, 0.1) is 0 Å². The van der Waals surface area contributed by atoms with Crippen LogP contribution in [0.15, 0.2) is 12.2 Å². The van der Waals surface area contributed by atoms with E-state index in [-0.39, 0.29) is 5.91 Å². The minimum absolute atomic E-state index is 0.251. The summed E-state index contributed by atoms with van der Waals surface area (Å²) in [5.74, 6) is -0.899. The zero-order chi connectivity index (χ0) is 35.4. The molecule has 0 saturated carbocycles. The first kappa shape index (κ1) is 47.1. The molecule has 0 aromatic rings. The summed E-state index contributed by atoms with van der Waals surface area (Å²) in [6, 6.07) is -0.971. The van der Waals surface area contributed by atoms with Gasteiger partial charge in [0.1, 0.15) is 0 Å². The van der Waals surface area contributed by atoms with Gasteiger partial charge in [-0.1, -0.05) is 193 Å². The minimum atomic E-state index is -4.31. The second-order valence-electron chi connectivity index (χ2n) is 14.6. The predicted octanol–water partition coefficient (Wildman–Crippen LogP) is 12.2. The molecule has 0 aromatic carbocycles. The first-order valence-corrected chi connectivity index (χ1v) is 22.5. The summed E-state index contributed by atoms with van der Waals surface area (Å²) in [5.41, 5.74) is 0. The quantitative estimate of drug-likeness (QED) is 0.0338. The highest BCUT2D eigenvalue weighted by Gasteiger charge is 2.26. The third kappa shape index (κ3) is 36.4. The molecule has 2 atom stereocenters. The normalized spacial score (nSPS) is 13.3. The van der Waals surface area contributed by atoms with Crippen LogP contribution in [-0.4, -0.2) is 41.9 Å². The van der Waals surface area contributed by atoms with Gasteiger partial charge in [0.25, 0.3) is 10.1 Å². The van der Waals surface area contributed by atoms with E-state index in [9.17, 15) is 22.9 Å². The number of carbonyl (C=O) groups is 1. The molecule has 2 unspecified atom stereocenters. The highest BCUT2D eigenvalue weighted by Crippen LogP contribution is 2.16. The van der Waals surface area contributed by atoms with Gasteiger partial charge >= 0.3 is 0 Å². The van der Waals surface area contributed by atoms with Crippen LogP contribution < -0.4 is 5.32 Å². The average Bonchev–Trinajstić information content (AvgIpc) is 3.05. The Kier molecular flexibility index (Phi) is 35.2. The van der Waals surface area contributed by atoms with Crippen molar-refractivity contribution in [3.8, 4) is 0 Å². The Morgan fingerprint density at radius 1 is 0.542 bits per heavy atom. The molecular weight excluding hydrogens is 619 g/mol. The molecule has 6 nitrogen and oxygen atoms in total. The Morgan fingerprint density at radius 3 is 1.25 bits per heavy atom. The molecule has 0 bridgehead atoms. The predicted molar refractivity (Wildman–Crippen MR) is 207 cm³/mol. The van der Waals surface area contributed by atoms with Crippen LogP contribution in [-0.2, 0) is 14.9 Å². The van der Waals surface area contributed by atoms with E-state index >= 15 is 0 Å². The van der Waals surface area contributed by atoms with Gasteiger partial charge in [-0.25, -0.2) is 0 Å². The van der Waals surface area contributed by atoms with Crippen molar-refractivity contribution in [2.24, 2.45) is 0 Å². The molecule has 0 aromatic heterocycles. The molecule has 0 aliphatic heterocycles. The first-order chi connectivity index (χ1) is 23.3. The summed E-state index contributed by atoms with van der Waals surface area (Å²) in [4.78, 5) is 12.5. The standard InChI is InChI=1S/C41H81NO5S/c1-3-5-7-9-11-13-15-17-19-21-22-24-26-28-30-32-34-36-40(43)39(38-48(45,46)47)42-41(44)37-35-33-31-29-27-25-23-20-18-16-14-12-10-8-6-4-2/h20,23,39-40,43H,3-19,21-22,24-38H2,1-2H3,(H,42,44)(H,45,46,47)/b23-20-. The van der Waals surface area contributed by atoms with Gasteiger partial charge < -0.3 is 10.4 Å². The zero-order valence-corrected chi connectivity index (χ0v) is 32.7. The number of hydrogen-bond donors (Lipinski definition) is 3. The lowest BCUT2D eigenvalue weighted by atomic mass is 10.0. The molecule has 286 valence electrons. The number of aliphatic hydroxyl groups is 1. The molecule has 0 spiro atoms. The molecule has 0 radical (unpaired) electrons. The monoisotopic (exact) mass is 700 g/mol. The zero-order valence-electron chi connectivity index (χ0n) is 31.9. The van der Waals surface area contributed by atoms with Gasteiger partial charge in [-0.05, 0) is 38.5 Å². The van der Waals surface area contributed by atoms with Crippen molar-refractivity contribution in [3.05, 3.63) is 12.2 Å².